The van der Waals surface area contributed by atoms with Crippen LogP contribution in [0.1, 0.15) is 16.1 Å². The van der Waals surface area contributed by atoms with Crippen molar-refractivity contribution in [1.29, 1.82) is 0 Å². The summed E-state index contributed by atoms with van der Waals surface area (Å²) in [7, 11) is 0. The summed E-state index contributed by atoms with van der Waals surface area (Å²) in [6.45, 7) is 1.43. The van der Waals surface area contributed by atoms with E-state index in [9.17, 15) is 9.28 Å². The second-order valence-electron chi connectivity index (χ2n) is 1.82. The first-order valence-corrected chi connectivity index (χ1v) is 2.57. The molecule has 0 unspecified atom stereocenters. The standard InChI is InChI=1S/C5H5FN2O2/c1-3-4(5(9)10)2-8(6)7-3/h2H,1H3,(H,9,10). The van der Waals surface area contributed by atoms with Gasteiger partial charge in [0.05, 0.1) is 11.9 Å². The summed E-state index contributed by atoms with van der Waals surface area (Å²) in [4.78, 5) is 10.2. The largest absolute Gasteiger partial charge is 0.478 e. The highest BCUT2D eigenvalue weighted by atomic mass is 19.2. The normalized spacial score (nSPS) is 9.80. The zero-order valence-electron chi connectivity index (χ0n) is 5.21. The average molecular weight is 144 g/mol. The molecule has 0 bridgehead atoms. The van der Waals surface area contributed by atoms with Crippen molar-refractivity contribution in [1.82, 2.24) is 10.0 Å². The Morgan fingerprint density at radius 2 is 2.50 bits per heavy atom. The first-order chi connectivity index (χ1) is 4.61. The van der Waals surface area contributed by atoms with Crippen LogP contribution in [0.5, 0.6) is 0 Å². The fraction of sp³-hybridized carbons (Fsp3) is 0.200. The number of carboxylic acids is 1. The van der Waals surface area contributed by atoms with Crippen LogP contribution in [0.25, 0.3) is 0 Å². The van der Waals surface area contributed by atoms with Crippen molar-refractivity contribution in [3.05, 3.63) is 17.5 Å². The molecule has 0 fully saturated rings. The zero-order chi connectivity index (χ0) is 7.72. The van der Waals surface area contributed by atoms with Gasteiger partial charge in [-0.15, -0.1) is 10.0 Å². The molecule has 0 aliphatic carbocycles. The van der Waals surface area contributed by atoms with Crippen molar-refractivity contribution in [2.45, 2.75) is 6.92 Å². The molecule has 1 aromatic rings. The lowest BCUT2D eigenvalue weighted by molar-refractivity contribution is 0.0695. The maximum absolute atomic E-state index is 12.1. The average Bonchev–Trinajstić information content (AvgIpc) is 2.10. The van der Waals surface area contributed by atoms with Gasteiger partial charge in [0.25, 0.3) is 0 Å². The van der Waals surface area contributed by atoms with Crippen LogP contribution in [0.4, 0.5) is 4.48 Å². The van der Waals surface area contributed by atoms with Gasteiger partial charge in [0, 0.05) is 0 Å². The number of hydrogen-bond acceptors (Lipinski definition) is 2. The van der Waals surface area contributed by atoms with Crippen LogP contribution in [0.2, 0.25) is 0 Å². The van der Waals surface area contributed by atoms with Gasteiger partial charge in [-0.25, -0.2) is 4.79 Å². The lowest BCUT2D eigenvalue weighted by Gasteiger charge is -1.83. The topological polar surface area (TPSA) is 55.1 Å². The minimum Gasteiger partial charge on any atom is -0.478 e. The van der Waals surface area contributed by atoms with Crippen molar-refractivity contribution in [3.8, 4) is 0 Å². The highest BCUT2D eigenvalue weighted by Gasteiger charge is 2.10. The van der Waals surface area contributed by atoms with E-state index in [1.54, 1.807) is 0 Å². The molecule has 54 valence electrons. The van der Waals surface area contributed by atoms with Gasteiger partial charge in [-0.1, -0.05) is 4.48 Å². The van der Waals surface area contributed by atoms with Gasteiger partial charge in [0.15, 0.2) is 0 Å². The molecule has 0 radical (unpaired) electrons. The highest BCUT2D eigenvalue weighted by Crippen LogP contribution is 2.04. The minimum absolute atomic E-state index is 0.0151. The summed E-state index contributed by atoms with van der Waals surface area (Å²) >= 11 is 0. The smallest absolute Gasteiger partial charge is 0.339 e. The lowest BCUT2D eigenvalue weighted by atomic mass is 10.3. The molecule has 1 N–H and O–H groups in total. The first kappa shape index (κ1) is 6.73. The van der Waals surface area contributed by atoms with E-state index in [4.69, 9.17) is 5.11 Å². The maximum Gasteiger partial charge on any atom is 0.339 e. The molecule has 4 nitrogen and oxygen atoms in total. The Hall–Kier alpha value is -1.39. The molecule has 10 heavy (non-hydrogen) atoms. The molecule has 0 amide bonds. The molecule has 0 aliphatic heterocycles. The molecule has 1 rings (SSSR count). The Kier molecular flexibility index (Phi) is 1.41. The molecular weight excluding hydrogens is 139 g/mol. The van der Waals surface area contributed by atoms with E-state index in [0.29, 0.717) is 0 Å². The number of aromatic nitrogens is 2. The van der Waals surface area contributed by atoms with Crippen LogP contribution in [-0.4, -0.2) is 21.1 Å². The van der Waals surface area contributed by atoms with Crippen molar-refractivity contribution < 1.29 is 14.4 Å². The Balaban J connectivity index is 3.15. The van der Waals surface area contributed by atoms with Crippen molar-refractivity contribution >= 4 is 5.97 Å². The summed E-state index contributed by atoms with van der Waals surface area (Å²) in [6.07, 6.45) is 0.817. The van der Waals surface area contributed by atoms with E-state index in [0.717, 1.165) is 6.20 Å². The first-order valence-electron chi connectivity index (χ1n) is 2.57. The van der Waals surface area contributed by atoms with Crippen LogP contribution < -0.4 is 0 Å². The minimum atomic E-state index is -1.17. The molecule has 1 aromatic heterocycles. The SMILES string of the molecule is Cc1nn(F)cc1C(=O)O. The second kappa shape index (κ2) is 2.09. The lowest BCUT2D eigenvalue weighted by Crippen LogP contribution is -1.95. The van der Waals surface area contributed by atoms with Gasteiger partial charge in [0.2, 0.25) is 0 Å². The van der Waals surface area contributed by atoms with Gasteiger partial charge < -0.3 is 5.11 Å². The van der Waals surface area contributed by atoms with E-state index in [-0.39, 0.29) is 16.2 Å². The fourth-order valence-electron chi connectivity index (χ4n) is 0.636. The third-order valence-electron chi connectivity index (χ3n) is 1.10. The number of nitrogens with zero attached hydrogens (tertiary/aromatic N) is 2. The number of aryl methyl sites for hydroxylation is 1. The van der Waals surface area contributed by atoms with Gasteiger partial charge in [-0.2, -0.15) is 0 Å². The van der Waals surface area contributed by atoms with Crippen molar-refractivity contribution in [2.24, 2.45) is 0 Å². The van der Waals surface area contributed by atoms with E-state index in [1.807, 2.05) is 0 Å². The third-order valence-corrected chi connectivity index (χ3v) is 1.10. The van der Waals surface area contributed by atoms with Crippen LogP contribution in [-0.2, 0) is 0 Å². The Labute approximate surface area is 55.8 Å². The van der Waals surface area contributed by atoms with E-state index in [1.165, 1.54) is 6.92 Å². The summed E-state index contributed by atoms with van der Waals surface area (Å²) in [5.41, 5.74) is 0.0671. The number of halogens is 1. The number of rotatable bonds is 1. The fourth-order valence-corrected chi connectivity index (χ4v) is 0.636. The van der Waals surface area contributed by atoms with Crippen LogP contribution in [0.3, 0.4) is 0 Å². The predicted octanol–water partition coefficient (Wildman–Crippen LogP) is 0.622. The monoisotopic (exact) mass is 144 g/mol. The van der Waals surface area contributed by atoms with Crippen molar-refractivity contribution in [3.63, 3.8) is 0 Å². The molecule has 0 aliphatic rings. The number of hydrogen-bond donors (Lipinski definition) is 1. The predicted molar refractivity (Wildman–Crippen MR) is 30.4 cm³/mol. The Morgan fingerprint density at radius 1 is 1.90 bits per heavy atom. The van der Waals surface area contributed by atoms with Gasteiger partial charge >= 0.3 is 5.97 Å². The van der Waals surface area contributed by atoms with Crippen LogP contribution in [0, 0.1) is 6.92 Å². The molecular formula is C5H5FN2O2. The van der Waals surface area contributed by atoms with Crippen LogP contribution >= 0.6 is 0 Å². The quantitative estimate of drug-likeness (QED) is 0.628. The Morgan fingerprint density at radius 3 is 2.70 bits per heavy atom. The third kappa shape index (κ3) is 0.975. The molecule has 1 heterocycles. The van der Waals surface area contributed by atoms with E-state index < -0.39 is 5.97 Å². The number of carboxylic acid groups (broad SMARTS) is 1. The molecule has 0 saturated carbocycles. The number of aromatic carboxylic acids is 1. The molecule has 5 heteroatoms. The van der Waals surface area contributed by atoms with Gasteiger partial charge in [-0.3, -0.25) is 0 Å². The van der Waals surface area contributed by atoms with E-state index in [2.05, 4.69) is 5.10 Å². The second-order valence-corrected chi connectivity index (χ2v) is 1.82. The van der Waals surface area contributed by atoms with E-state index >= 15 is 0 Å². The van der Waals surface area contributed by atoms with Gasteiger partial charge in [-0.05, 0) is 6.92 Å². The van der Waals surface area contributed by atoms with Crippen molar-refractivity contribution in [2.75, 3.05) is 0 Å². The molecule has 0 atom stereocenters. The summed E-state index contributed by atoms with van der Waals surface area (Å²) in [5, 5.41) is 11.6. The summed E-state index contributed by atoms with van der Waals surface area (Å²) < 4.78 is 12.1. The van der Waals surface area contributed by atoms with Gasteiger partial charge in [0.1, 0.15) is 5.56 Å². The summed E-state index contributed by atoms with van der Waals surface area (Å²) in [6, 6.07) is 0. The maximum atomic E-state index is 12.1. The highest BCUT2D eigenvalue weighted by molar-refractivity contribution is 5.88. The summed E-state index contributed by atoms with van der Waals surface area (Å²) in [5.74, 6) is -1.17. The van der Waals surface area contributed by atoms with Crippen LogP contribution in [0.15, 0.2) is 6.20 Å². The zero-order valence-corrected chi connectivity index (χ0v) is 5.21. The molecule has 0 aromatic carbocycles. The Bertz CT molecular complexity index is 269. The number of carbonyl (C=O) groups is 1. The molecule has 0 saturated heterocycles. The molecule has 0 spiro atoms.